The number of ether oxygens (including phenoxy) is 2. The largest absolute Gasteiger partial charge is 0.465 e. The van der Waals surface area contributed by atoms with Gasteiger partial charge in [-0.15, -0.1) is 0 Å². The first-order chi connectivity index (χ1) is 10.5. The molecule has 0 heterocycles. The van der Waals surface area contributed by atoms with Gasteiger partial charge in [0.1, 0.15) is 5.75 Å². The molecule has 1 aromatic rings. The van der Waals surface area contributed by atoms with E-state index >= 15 is 0 Å². The molecule has 0 aliphatic carbocycles. The molecule has 0 aliphatic heterocycles. The van der Waals surface area contributed by atoms with Gasteiger partial charge in [0.15, 0.2) is 5.41 Å². The molecule has 122 valence electrons. The Morgan fingerprint density at radius 2 is 1.73 bits per heavy atom. The number of esters is 2. The maximum absolute atomic E-state index is 12.5. The average molecular weight is 327 g/mol. The summed E-state index contributed by atoms with van der Waals surface area (Å²) < 4.78 is 10.6. The highest BCUT2D eigenvalue weighted by atomic mass is 35.5. The van der Waals surface area contributed by atoms with Crippen molar-refractivity contribution in [2.75, 3.05) is 6.61 Å². The Morgan fingerprint density at radius 3 is 2.27 bits per heavy atom. The van der Waals surface area contributed by atoms with Crippen molar-refractivity contribution in [2.24, 2.45) is 5.41 Å². The highest BCUT2D eigenvalue weighted by molar-refractivity contribution is 6.32. The smallest absolute Gasteiger partial charge is 0.328 e. The van der Waals surface area contributed by atoms with Crippen molar-refractivity contribution >= 4 is 23.5 Å². The Labute approximate surface area is 136 Å². The number of unbranched alkanes of at least 4 members (excludes halogenated alkanes) is 1. The molecule has 0 fully saturated rings. The lowest BCUT2D eigenvalue weighted by molar-refractivity contribution is -0.168. The van der Waals surface area contributed by atoms with E-state index in [1.807, 2.05) is 6.92 Å². The fraction of sp³-hybridized carbons (Fsp3) is 0.529. The Kier molecular flexibility index (Phi) is 7.39. The molecule has 4 nitrogen and oxygen atoms in total. The topological polar surface area (TPSA) is 52.6 Å². The summed E-state index contributed by atoms with van der Waals surface area (Å²) in [5, 5.41) is 0.330. The molecule has 0 unspecified atom stereocenters. The quantitative estimate of drug-likeness (QED) is 0.307. The fourth-order valence-corrected chi connectivity index (χ4v) is 2.26. The molecular formula is C17H23ClO4. The summed E-state index contributed by atoms with van der Waals surface area (Å²) >= 11 is 5.99. The summed E-state index contributed by atoms with van der Waals surface area (Å²) in [6.45, 7) is 5.87. The maximum atomic E-state index is 12.5. The molecule has 0 spiro atoms. The molecule has 0 saturated carbocycles. The minimum atomic E-state index is -1.28. The molecule has 0 bridgehead atoms. The number of rotatable bonds is 8. The zero-order valence-corrected chi connectivity index (χ0v) is 14.1. The van der Waals surface area contributed by atoms with E-state index in [1.165, 1.54) is 0 Å². The van der Waals surface area contributed by atoms with Crippen LogP contribution in [-0.4, -0.2) is 18.5 Å². The van der Waals surface area contributed by atoms with E-state index < -0.39 is 17.4 Å². The standard InChI is InChI=1S/C17H23ClO4/c1-4-7-12-21-15(19)17(5-2,6-3)16(20)22-14-11-9-8-10-13(14)18/h8-11H,4-7,12H2,1-3H3. The van der Waals surface area contributed by atoms with Crippen LogP contribution in [0.2, 0.25) is 5.02 Å². The van der Waals surface area contributed by atoms with E-state index in [0.717, 1.165) is 12.8 Å². The van der Waals surface area contributed by atoms with E-state index in [1.54, 1.807) is 38.1 Å². The third-order valence-electron chi connectivity index (χ3n) is 3.76. The first kappa shape index (κ1) is 18.5. The molecule has 0 aromatic heterocycles. The van der Waals surface area contributed by atoms with Crippen molar-refractivity contribution in [3.05, 3.63) is 29.3 Å². The molecule has 5 heteroatoms. The van der Waals surface area contributed by atoms with Gasteiger partial charge in [0.25, 0.3) is 0 Å². The number of carbonyl (C=O) groups excluding carboxylic acids is 2. The van der Waals surface area contributed by atoms with Gasteiger partial charge in [0.05, 0.1) is 11.6 Å². The molecular weight excluding hydrogens is 304 g/mol. The van der Waals surface area contributed by atoms with Crippen molar-refractivity contribution in [1.29, 1.82) is 0 Å². The van der Waals surface area contributed by atoms with E-state index in [-0.39, 0.29) is 5.75 Å². The van der Waals surface area contributed by atoms with Gasteiger partial charge in [-0.2, -0.15) is 0 Å². The first-order valence-electron chi connectivity index (χ1n) is 7.65. The number of para-hydroxylation sites is 1. The molecule has 1 rings (SSSR count). The molecule has 0 N–H and O–H groups in total. The Bertz CT molecular complexity index is 509. The van der Waals surface area contributed by atoms with Crippen LogP contribution in [0.3, 0.4) is 0 Å². The highest BCUT2D eigenvalue weighted by Crippen LogP contribution is 2.33. The SMILES string of the molecule is CCCCOC(=O)C(CC)(CC)C(=O)Oc1ccccc1Cl. The second kappa shape index (κ2) is 8.79. The first-order valence-corrected chi connectivity index (χ1v) is 8.03. The maximum Gasteiger partial charge on any atom is 0.328 e. The summed E-state index contributed by atoms with van der Waals surface area (Å²) in [5.41, 5.74) is -1.28. The zero-order valence-electron chi connectivity index (χ0n) is 13.4. The van der Waals surface area contributed by atoms with Gasteiger partial charge in [-0.1, -0.05) is 50.9 Å². The number of hydrogen-bond donors (Lipinski definition) is 0. The Balaban J connectivity index is 2.90. The van der Waals surface area contributed by atoms with Crippen molar-refractivity contribution < 1.29 is 19.1 Å². The molecule has 0 amide bonds. The van der Waals surface area contributed by atoms with E-state index in [0.29, 0.717) is 24.5 Å². The van der Waals surface area contributed by atoms with Crippen LogP contribution in [0, 0.1) is 5.41 Å². The second-order valence-electron chi connectivity index (χ2n) is 5.10. The predicted octanol–water partition coefficient (Wildman–Crippen LogP) is 4.40. The molecule has 1 aromatic carbocycles. The van der Waals surface area contributed by atoms with Gasteiger partial charge < -0.3 is 9.47 Å². The monoisotopic (exact) mass is 326 g/mol. The summed E-state index contributed by atoms with van der Waals surface area (Å²) in [7, 11) is 0. The van der Waals surface area contributed by atoms with Crippen LogP contribution in [0.25, 0.3) is 0 Å². The lowest BCUT2D eigenvalue weighted by Crippen LogP contribution is -2.42. The van der Waals surface area contributed by atoms with Crippen molar-refractivity contribution in [2.45, 2.75) is 46.5 Å². The fourth-order valence-electron chi connectivity index (χ4n) is 2.08. The molecule has 0 atom stereocenters. The van der Waals surface area contributed by atoms with Gasteiger partial charge in [-0.25, -0.2) is 0 Å². The Hall–Kier alpha value is -1.55. The van der Waals surface area contributed by atoms with Crippen LogP contribution < -0.4 is 4.74 Å². The van der Waals surface area contributed by atoms with Crippen LogP contribution in [0.1, 0.15) is 46.5 Å². The number of halogens is 1. The summed E-state index contributed by atoms with van der Waals surface area (Å²) in [6.07, 6.45) is 2.33. The normalized spacial score (nSPS) is 11.1. The van der Waals surface area contributed by atoms with Crippen LogP contribution in [0.4, 0.5) is 0 Å². The highest BCUT2D eigenvalue weighted by Gasteiger charge is 2.46. The predicted molar refractivity (Wildman–Crippen MR) is 86.0 cm³/mol. The lowest BCUT2D eigenvalue weighted by Gasteiger charge is -2.26. The van der Waals surface area contributed by atoms with Gasteiger partial charge in [0, 0.05) is 0 Å². The second-order valence-corrected chi connectivity index (χ2v) is 5.51. The van der Waals surface area contributed by atoms with Crippen molar-refractivity contribution in [3.63, 3.8) is 0 Å². The van der Waals surface area contributed by atoms with Crippen molar-refractivity contribution in [3.8, 4) is 5.75 Å². The summed E-state index contributed by atoms with van der Waals surface area (Å²) in [5.74, 6) is -0.892. The van der Waals surface area contributed by atoms with Gasteiger partial charge in [-0.05, 0) is 31.4 Å². The number of benzene rings is 1. The van der Waals surface area contributed by atoms with E-state index in [9.17, 15) is 9.59 Å². The van der Waals surface area contributed by atoms with Crippen molar-refractivity contribution in [1.82, 2.24) is 0 Å². The number of hydrogen-bond acceptors (Lipinski definition) is 4. The Morgan fingerprint density at radius 1 is 1.09 bits per heavy atom. The minimum absolute atomic E-state index is 0.252. The van der Waals surface area contributed by atoms with Gasteiger partial charge in [0.2, 0.25) is 0 Å². The molecule has 22 heavy (non-hydrogen) atoms. The zero-order chi connectivity index (χ0) is 16.6. The van der Waals surface area contributed by atoms with E-state index in [4.69, 9.17) is 21.1 Å². The lowest BCUT2D eigenvalue weighted by atomic mass is 9.82. The molecule has 0 aliphatic rings. The summed E-state index contributed by atoms with van der Waals surface area (Å²) in [4.78, 5) is 24.9. The van der Waals surface area contributed by atoms with Crippen LogP contribution >= 0.6 is 11.6 Å². The van der Waals surface area contributed by atoms with Crippen LogP contribution in [0.5, 0.6) is 5.75 Å². The summed E-state index contributed by atoms with van der Waals surface area (Å²) in [6, 6.07) is 6.68. The van der Waals surface area contributed by atoms with Gasteiger partial charge in [-0.3, -0.25) is 9.59 Å². The minimum Gasteiger partial charge on any atom is -0.465 e. The van der Waals surface area contributed by atoms with Crippen LogP contribution in [-0.2, 0) is 14.3 Å². The molecule has 0 radical (unpaired) electrons. The average Bonchev–Trinajstić information content (AvgIpc) is 2.51. The van der Waals surface area contributed by atoms with Gasteiger partial charge >= 0.3 is 11.9 Å². The van der Waals surface area contributed by atoms with Crippen LogP contribution in [0.15, 0.2) is 24.3 Å². The number of carbonyl (C=O) groups is 2. The van der Waals surface area contributed by atoms with E-state index in [2.05, 4.69) is 0 Å². The third kappa shape index (κ3) is 4.23. The molecule has 0 saturated heterocycles. The third-order valence-corrected chi connectivity index (χ3v) is 4.07.